The highest BCUT2D eigenvalue weighted by molar-refractivity contribution is 4.76. The van der Waals surface area contributed by atoms with E-state index >= 15 is 0 Å². The molecule has 1 aliphatic carbocycles. The average Bonchev–Trinajstić information content (AvgIpc) is 2.28. The fourth-order valence-electron chi connectivity index (χ4n) is 2.33. The van der Waals surface area contributed by atoms with E-state index in [4.69, 9.17) is 0 Å². The lowest BCUT2D eigenvalue weighted by Crippen LogP contribution is -2.25. The summed E-state index contributed by atoms with van der Waals surface area (Å²) in [6, 6.07) is 0. The molecule has 3 atom stereocenters. The van der Waals surface area contributed by atoms with Crippen LogP contribution in [0.1, 0.15) is 79.1 Å². The Hall–Kier alpha value is -0.0400. The van der Waals surface area contributed by atoms with Gasteiger partial charge in [0.05, 0.1) is 6.10 Å². The van der Waals surface area contributed by atoms with Gasteiger partial charge in [-0.1, -0.05) is 59.8 Å². The van der Waals surface area contributed by atoms with Gasteiger partial charge < -0.3 is 5.11 Å². The Morgan fingerprint density at radius 3 is 2.06 bits per heavy atom. The molecule has 1 fully saturated rings. The first-order chi connectivity index (χ1) is 7.65. The Balaban J connectivity index is 0.000000487. The van der Waals surface area contributed by atoms with E-state index < -0.39 is 0 Å². The molecule has 1 N–H and O–H groups in total. The fourth-order valence-corrected chi connectivity index (χ4v) is 2.33. The molecular formula is C15H32O. The van der Waals surface area contributed by atoms with Crippen LogP contribution in [0.25, 0.3) is 0 Å². The predicted octanol–water partition coefficient (Wildman–Crippen LogP) is 4.78. The van der Waals surface area contributed by atoms with E-state index in [9.17, 15) is 5.11 Å². The Kier molecular flexibility index (Phi) is 10.1. The second-order valence-corrected chi connectivity index (χ2v) is 5.35. The van der Waals surface area contributed by atoms with Crippen LogP contribution < -0.4 is 0 Å². The molecule has 0 amide bonds. The molecule has 0 saturated heterocycles. The highest BCUT2D eigenvalue weighted by Crippen LogP contribution is 2.33. The monoisotopic (exact) mass is 228 g/mol. The Morgan fingerprint density at radius 1 is 1.00 bits per heavy atom. The smallest absolute Gasteiger partial charge is 0.0543 e. The zero-order valence-electron chi connectivity index (χ0n) is 11.8. The third-order valence-electron chi connectivity index (χ3n) is 3.75. The summed E-state index contributed by atoms with van der Waals surface area (Å²) in [5.74, 6) is 1.65. The second kappa shape index (κ2) is 10.1. The van der Waals surface area contributed by atoms with Gasteiger partial charge in [-0.05, 0) is 31.1 Å². The van der Waals surface area contributed by atoms with Crippen molar-refractivity contribution in [3.8, 4) is 0 Å². The Bertz CT molecular complexity index is 140. The first kappa shape index (κ1) is 16.0. The van der Waals surface area contributed by atoms with Gasteiger partial charge in [-0.25, -0.2) is 0 Å². The van der Waals surface area contributed by atoms with Gasteiger partial charge in [0.2, 0.25) is 0 Å². The molecular weight excluding hydrogens is 196 g/mol. The first-order valence-electron chi connectivity index (χ1n) is 7.33. The van der Waals surface area contributed by atoms with Gasteiger partial charge in [-0.3, -0.25) is 0 Å². The summed E-state index contributed by atoms with van der Waals surface area (Å²) in [5, 5.41) is 9.42. The van der Waals surface area contributed by atoms with Crippen molar-refractivity contribution in [2.45, 2.75) is 85.2 Å². The number of rotatable bonds is 4. The SMILES string of the molecule is CCCC.CCCCC1CCC(O)CC1C. The quantitative estimate of drug-likeness (QED) is 0.734. The van der Waals surface area contributed by atoms with E-state index in [1.807, 2.05) is 0 Å². The topological polar surface area (TPSA) is 20.2 Å². The third kappa shape index (κ3) is 7.27. The second-order valence-electron chi connectivity index (χ2n) is 5.35. The van der Waals surface area contributed by atoms with Gasteiger partial charge >= 0.3 is 0 Å². The van der Waals surface area contributed by atoms with E-state index in [-0.39, 0.29) is 6.10 Å². The Labute approximate surface area is 103 Å². The minimum atomic E-state index is -0.00197. The molecule has 1 rings (SSSR count). The zero-order chi connectivity index (χ0) is 12.4. The molecule has 1 aliphatic rings. The number of aliphatic hydroxyl groups excluding tert-OH is 1. The third-order valence-corrected chi connectivity index (χ3v) is 3.75. The molecule has 0 spiro atoms. The standard InChI is InChI=1S/C11H22O.C4H10/c1-3-4-5-10-6-7-11(12)8-9(10)2;1-3-4-2/h9-12H,3-8H2,1-2H3;3-4H2,1-2H3. The minimum absolute atomic E-state index is 0.00197. The van der Waals surface area contributed by atoms with Crippen LogP contribution in [0.5, 0.6) is 0 Å². The van der Waals surface area contributed by atoms with Gasteiger partial charge in [0.1, 0.15) is 0 Å². The highest BCUT2D eigenvalue weighted by Gasteiger charge is 2.25. The van der Waals surface area contributed by atoms with Gasteiger partial charge in [0.15, 0.2) is 0 Å². The van der Waals surface area contributed by atoms with E-state index in [2.05, 4.69) is 27.7 Å². The molecule has 1 saturated carbocycles. The van der Waals surface area contributed by atoms with Crippen LogP contribution in [0.4, 0.5) is 0 Å². The summed E-state index contributed by atoms with van der Waals surface area (Å²) in [5.41, 5.74) is 0. The molecule has 0 aromatic rings. The molecule has 3 unspecified atom stereocenters. The van der Waals surface area contributed by atoms with Crippen molar-refractivity contribution >= 4 is 0 Å². The summed E-state index contributed by atoms with van der Waals surface area (Å²) in [6.07, 6.45) is 10.0. The summed E-state index contributed by atoms with van der Waals surface area (Å²) in [4.78, 5) is 0. The molecule has 0 aromatic carbocycles. The van der Waals surface area contributed by atoms with Crippen molar-refractivity contribution in [2.24, 2.45) is 11.8 Å². The molecule has 98 valence electrons. The predicted molar refractivity (Wildman–Crippen MR) is 72.6 cm³/mol. The van der Waals surface area contributed by atoms with Crippen LogP contribution in [0.15, 0.2) is 0 Å². The van der Waals surface area contributed by atoms with E-state index in [0.29, 0.717) is 0 Å². The lowest BCUT2D eigenvalue weighted by Gasteiger charge is -2.31. The number of aliphatic hydroxyl groups is 1. The summed E-state index contributed by atoms with van der Waals surface area (Å²) >= 11 is 0. The van der Waals surface area contributed by atoms with Gasteiger partial charge in [0.25, 0.3) is 0 Å². The molecule has 1 heteroatoms. The zero-order valence-corrected chi connectivity index (χ0v) is 11.8. The largest absolute Gasteiger partial charge is 0.393 e. The summed E-state index contributed by atoms with van der Waals surface area (Å²) in [7, 11) is 0. The van der Waals surface area contributed by atoms with Crippen molar-refractivity contribution in [1.82, 2.24) is 0 Å². The van der Waals surface area contributed by atoms with Gasteiger partial charge in [-0.2, -0.15) is 0 Å². The number of unbranched alkanes of at least 4 members (excludes halogenated alkanes) is 2. The Morgan fingerprint density at radius 2 is 1.62 bits per heavy atom. The summed E-state index contributed by atoms with van der Waals surface area (Å²) in [6.45, 7) is 8.91. The lowest BCUT2D eigenvalue weighted by atomic mass is 9.77. The van der Waals surface area contributed by atoms with Crippen molar-refractivity contribution in [1.29, 1.82) is 0 Å². The van der Waals surface area contributed by atoms with Crippen molar-refractivity contribution in [2.75, 3.05) is 0 Å². The molecule has 0 aromatic heterocycles. The van der Waals surface area contributed by atoms with Gasteiger partial charge in [-0.15, -0.1) is 0 Å². The van der Waals surface area contributed by atoms with Crippen molar-refractivity contribution < 1.29 is 5.11 Å². The van der Waals surface area contributed by atoms with Crippen molar-refractivity contribution in [3.63, 3.8) is 0 Å². The first-order valence-corrected chi connectivity index (χ1v) is 7.33. The maximum absolute atomic E-state index is 9.42. The van der Waals surface area contributed by atoms with Gasteiger partial charge in [0, 0.05) is 0 Å². The number of hydrogen-bond acceptors (Lipinski definition) is 1. The number of hydrogen-bond donors (Lipinski definition) is 1. The van der Waals surface area contributed by atoms with Crippen molar-refractivity contribution in [3.05, 3.63) is 0 Å². The maximum Gasteiger partial charge on any atom is 0.0543 e. The molecule has 16 heavy (non-hydrogen) atoms. The van der Waals surface area contributed by atoms with E-state index in [1.54, 1.807) is 0 Å². The van der Waals surface area contributed by atoms with E-state index in [1.165, 1.54) is 38.5 Å². The molecule has 0 aliphatic heterocycles. The van der Waals surface area contributed by atoms with Crippen LogP contribution in [-0.2, 0) is 0 Å². The van der Waals surface area contributed by atoms with E-state index in [0.717, 1.165) is 24.7 Å². The lowest BCUT2D eigenvalue weighted by molar-refractivity contribution is 0.0717. The molecule has 0 heterocycles. The fraction of sp³-hybridized carbons (Fsp3) is 1.00. The van der Waals surface area contributed by atoms with Crippen LogP contribution in [0, 0.1) is 11.8 Å². The minimum Gasteiger partial charge on any atom is -0.393 e. The van der Waals surface area contributed by atoms with Crippen LogP contribution in [-0.4, -0.2) is 11.2 Å². The maximum atomic E-state index is 9.42. The molecule has 0 bridgehead atoms. The highest BCUT2D eigenvalue weighted by atomic mass is 16.3. The summed E-state index contributed by atoms with van der Waals surface area (Å²) < 4.78 is 0. The average molecular weight is 228 g/mol. The van der Waals surface area contributed by atoms with Crippen LogP contribution in [0.3, 0.4) is 0 Å². The van der Waals surface area contributed by atoms with Crippen LogP contribution >= 0.6 is 0 Å². The molecule has 1 nitrogen and oxygen atoms in total. The normalized spacial score (nSPS) is 29.4. The molecule has 0 radical (unpaired) electrons. The van der Waals surface area contributed by atoms with Crippen LogP contribution in [0.2, 0.25) is 0 Å².